The molecule has 2 heterocycles. The van der Waals surface area contributed by atoms with Gasteiger partial charge in [-0.05, 0) is 24.6 Å². The summed E-state index contributed by atoms with van der Waals surface area (Å²) in [5.41, 5.74) is 2.88. The molecule has 0 radical (unpaired) electrons. The van der Waals surface area contributed by atoms with Crippen molar-refractivity contribution < 1.29 is 9.18 Å². The largest absolute Gasteiger partial charge is 0.329 e. The van der Waals surface area contributed by atoms with E-state index in [1.54, 1.807) is 18.0 Å². The van der Waals surface area contributed by atoms with Gasteiger partial charge in [0, 0.05) is 18.3 Å². The average Bonchev–Trinajstić information content (AvgIpc) is 2.82. The maximum absolute atomic E-state index is 13.3. The van der Waals surface area contributed by atoms with Crippen LogP contribution in [0.15, 0.2) is 24.3 Å². The highest BCUT2D eigenvalue weighted by Crippen LogP contribution is 2.38. The lowest BCUT2D eigenvalue weighted by Crippen LogP contribution is -2.24. The van der Waals surface area contributed by atoms with Crippen LogP contribution in [0, 0.1) is 12.7 Å². The summed E-state index contributed by atoms with van der Waals surface area (Å²) in [5, 5.41) is 6.83. The Bertz CT molecular complexity index is 635. The summed E-state index contributed by atoms with van der Waals surface area (Å²) in [6, 6.07) is 6.05. The Morgan fingerprint density at radius 1 is 1.44 bits per heavy atom. The Morgan fingerprint density at radius 2 is 2.22 bits per heavy atom. The van der Waals surface area contributed by atoms with Crippen LogP contribution in [-0.2, 0) is 0 Å². The number of aromatic amines is 1. The van der Waals surface area contributed by atoms with E-state index in [4.69, 9.17) is 0 Å². The molecule has 1 aliphatic heterocycles. The van der Waals surface area contributed by atoms with Crippen molar-refractivity contribution in [2.24, 2.45) is 0 Å². The van der Waals surface area contributed by atoms with Crippen molar-refractivity contribution in [3.8, 4) is 0 Å². The van der Waals surface area contributed by atoms with Crippen LogP contribution in [0.3, 0.4) is 0 Å². The van der Waals surface area contributed by atoms with Crippen LogP contribution >= 0.6 is 0 Å². The molecule has 0 bridgehead atoms. The Hall–Kier alpha value is -2.17. The Kier molecular flexibility index (Phi) is 2.23. The van der Waals surface area contributed by atoms with E-state index in [-0.39, 0.29) is 17.8 Å². The fourth-order valence-electron chi connectivity index (χ4n) is 2.48. The molecular formula is C13H12FN3O. The highest BCUT2D eigenvalue weighted by atomic mass is 19.1. The van der Waals surface area contributed by atoms with Gasteiger partial charge in [-0.1, -0.05) is 12.1 Å². The van der Waals surface area contributed by atoms with E-state index in [0.29, 0.717) is 5.69 Å². The number of carbonyl (C=O) groups excluding carboxylic acids is 1. The summed E-state index contributed by atoms with van der Waals surface area (Å²) in [5.74, 6) is -0.438. The second-order valence-electron chi connectivity index (χ2n) is 4.48. The third-order valence-corrected chi connectivity index (χ3v) is 3.34. The van der Waals surface area contributed by atoms with Crippen molar-refractivity contribution in [2.45, 2.75) is 13.0 Å². The van der Waals surface area contributed by atoms with E-state index in [1.165, 1.54) is 12.1 Å². The van der Waals surface area contributed by atoms with Crippen molar-refractivity contribution in [3.05, 3.63) is 52.6 Å². The lowest BCUT2D eigenvalue weighted by molar-refractivity contribution is 0.0787. The minimum Gasteiger partial charge on any atom is -0.329 e. The number of rotatable bonds is 1. The minimum atomic E-state index is -0.303. The molecule has 0 aliphatic carbocycles. The van der Waals surface area contributed by atoms with Gasteiger partial charge < -0.3 is 4.90 Å². The normalized spacial score (nSPS) is 18.3. The summed E-state index contributed by atoms with van der Waals surface area (Å²) in [6.45, 7) is 1.87. The summed E-state index contributed by atoms with van der Waals surface area (Å²) < 4.78 is 13.3. The van der Waals surface area contributed by atoms with E-state index < -0.39 is 0 Å². The van der Waals surface area contributed by atoms with Gasteiger partial charge in [-0.3, -0.25) is 9.89 Å². The topological polar surface area (TPSA) is 49.0 Å². The van der Waals surface area contributed by atoms with E-state index in [9.17, 15) is 9.18 Å². The second-order valence-corrected chi connectivity index (χ2v) is 4.48. The van der Waals surface area contributed by atoms with Gasteiger partial charge in [0.1, 0.15) is 5.82 Å². The molecule has 1 aliphatic rings. The number of aromatic nitrogens is 2. The number of hydrogen-bond acceptors (Lipinski definition) is 2. The number of fused-ring (bicyclic) bond motifs is 1. The van der Waals surface area contributed by atoms with Crippen LogP contribution in [0.4, 0.5) is 4.39 Å². The predicted molar refractivity (Wildman–Crippen MR) is 63.7 cm³/mol. The van der Waals surface area contributed by atoms with Gasteiger partial charge in [-0.25, -0.2) is 4.39 Å². The number of nitrogens with zero attached hydrogens (tertiary/aromatic N) is 2. The first kappa shape index (κ1) is 11.0. The maximum atomic E-state index is 13.3. The number of aryl methyl sites for hydroxylation is 1. The molecule has 0 spiro atoms. The first-order valence-corrected chi connectivity index (χ1v) is 5.67. The molecule has 1 atom stereocenters. The number of carbonyl (C=O) groups is 1. The number of amides is 1. The SMILES string of the molecule is Cc1[nH]nc2c1C(c1cccc(F)c1)N(C)C2=O. The quantitative estimate of drug-likeness (QED) is 0.835. The number of benzene rings is 1. The number of nitrogens with one attached hydrogen (secondary N) is 1. The Balaban J connectivity index is 2.18. The average molecular weight is 245 g/mol. The molecule has 1 aromatic heterocycles. The number of halogens is 1. The molecule has 0 fully saturated rings. The summed E-state index contributed by atoms with van der Waals surface area (Å²) >= 11 is 0. The van der Waals surface area contributed by atoms with Gasteiger partial charge in [0.05, 0.1) is 6.04 Å². The molecule has 1 amide bonds. The molecule has 0 saturated carbocycles. The van der Waals surface area contributed by atoms with E-state index in [2.05, 4.69) is 10.2 Å². The van der Waals surface area contributed by atoms with Gasteiger partial charge in [0.15, 0.2) is 5.69 Å². The molecule has 92 valence electrons. The molecule has 1 aromatic carbocycles. The number of H-pyrrole nitrogens is 1. The molecule has 3 rings (SSSR count). The standard InChI is InChI=1S/C13H12FN3O/c1-7-10-11(16-15-7)13(18)17(2)12(10)8-4-3-5-9(14)6-8/h3-6,12H,1-2H3,(H,15,16). The molecule has 4 nitrogen and oxygen atoms in total. The first-order valence-electron chi connectivity index (χ1n) is 5.67. The third kappa shape index (κ3) is 1.37. The molecule has 0 saturated heterocycles. The Labute approximate surface area is 103 Å². The van der Waals surface area contributed by atoms with Crippen LogP contribution in [-0.4, -0.2) is 28.1 Å². The van der Waals surface area contributed by atoms with Crippen molar-refractivity contribution in [1.82, 2.24) is 15.1 Å². The molecule has 1 N–H and O–H groups in total. The molecule has 2 aromatic rings. The molecule has 5 heteroatoms. The van der Waals surface area contributed by atoms with E-state index in [0.717, 1.165) is 16.8 Å². The van der Waals surface area contributed by atoms with Crippen LogP contribution in [0.5, 0.6) is 0 Å². The van der Waals surface area contributed by atoms with Crippen LogP contribution in [0.25, 0.3) is 0 Å². The predicted octanol–water partition coefficient (Wildman–Crippen LogP) is 2.03. The van der Waals surface area contributed by atoms with Gasteiger partial charge in [-0.15, -0.1) is 0 Å². The van der Waals surface area contributed by atoms with Gasteiger partial charge >= 0.3 is 0 Å². The fourth-order valence-corrected chi connectivity index (χ4v) is 2.48. The zero-order valence-electron chi connectivity index (χ0n) is 10.1. The van der Waals surface area contributed by atoms with Gasteiger partial charge in [0.2, 0.25) is 0 Å². The Morgan fingerprint density at radius 3 is 2.94 bits per heavy atom. The van der Waals surface area contributed by atoms with E-state index >= 15 is 0 Å². The second kappa shape index (κ2) is 3.66. The highest BCUT2D eigenvalue weighted by Gasteiger charge is 2.39. The summed E-state index contributed by atoms with van der Waals surface area (Å²) in [4.78, 5) is 13.6. The zero-order chi connectivity index (χ0) is 12.9. The van der Waals surface area contributed by atoms with Crippen molar-refractivity contribution in [1.29, 1.82) is 0 Å². The lowest BCUT2D eigenvalue weighted by Gasteiger charge is -2.21. The van der Waals surface area contributed by atoms with E-state index in [1.807, 2.05) is 13.0 Å². The van der Waals surface area contributed by atoms with Gasteiger partial charge in [0.25, 0.3) is 5.91 Å². The smallest absolute Gasteiger partial charge is 0.275 e. The van der Waals surface area contributed by atoms with Crippen molar-refractivity contribution in [2.75, 3.05) is 7.05 Å². The molecule has 1 unspecified atom stereocenters. The van der Waals surface area contributed by atoms with Crippen LogP contribution < -0.4 is 0 Å². The third-order valence-electron chi connectivity index (χ3n) is 3.34. The molecule has 18 heavy (non-hydrogen) atoms. The summed E-state index contributed by atoms with van der Waals surface area (Å²) in [6.07, 6.45) is 0. The van der Waals surface area contributed by atoms with Crippen LogP contribution in [0.1, 0.15) is 33.4 Å². The number of hydrogen-bond donors (Lipinski definition) is 1. The van der Waals surface area contributed by atoms with Crippen LogP contribution in [0.2, 0.25) is 0 Å². The summed E-state index contributed by atoms with van der Waals surface area (Å²) in [7, 11) is 1.71. The lowest BCUT2D eigenvalue weighted by atomic mass is 9.99. The highest BCUT2D eigenvalue weighted by molar-refractivity contribution is 5.98. The first-order chi connectivity index (χ1) is 8.59. The fraction of sp³-hybridized carbons (Fsp3) is 0.231. The van der Waals surface area contributed by atoms with Crippen molar-refractivity contribution >= 4 is 5.91 Å². The molecular weight excluding hydrogens is 233 g/mol. The maximum Gasteiger partial charge on any atom is 0.275 e. The minimum absolute atomic E-state index is 0.136. The zero-order valence-corrected chi connectivity index (χ0v) is 10.1. The monoisotopic (exact) mass is 245 g/mol. The van der Waals surface area contributed by atoms with Gasteiger partial charge in [-0.2, -0.15) is 5.10 Å². The van der Waals surface area contributed by atoms with Crippen molar-refractivity contribution in [3.63, 3.8) is 0 Å².